The van der Waals surface area contributed by atoms with Gasteiger partial charge in [0.25, 0.3) is 0 Å². The molecule has 1 aromatic carbocycles. The van der Waals surface area contributed by atoms with Crippen molar-refractivity contribution < 1.29 is 14.6 Å². The summed E-state index contributed by atoms with van der Waals surface area (Å²) in [4.78, 5) is 7.14. The maximum absolute atomic E-state index is 11.2. The molecule has 3 aromatic rings. The standard InChI is InChI=1S/C36H52N8O3/c1-36(2,3)31(37)23-32(38-17-18-43-19-21-46-22-20-43)40-35(45)39-29-14-15-30(28-12-8-7-11-27(28)29)47-26-13-16-33-41-42-34(44(33)24-26)25-9-5-4-6-10-25/h7-8,11-13,16,23-25,29-30,35,39,45H,4-6,9-10,14-15,17-22,37H2,1-3H3,(H,38,40). The van der Waals surface area contributed by atoms with E-state index in [0.29, 0.717) is 24.0 Å². The lowest BCUT2D eigenvalue weighted by atomic mass is 9.85. The van der Waals surface area contributed by atoms with E-state index in [1.807, 2.05) is 24.3 Å². The van der Waals surface area contributed by atoms with Crippen molar-refractivity contribution >= 4 is 11.5 Å². The Balaban J connectivity index is 1.13. The molecule has 0 bridgehead atoms. The molecule has 0 spiro atoms. The summed E-state index contributed by atoms with van der Waals surface area (Å²) < 4.78 is 14.2. The number of amidine groups is 1. The first-order chi connectivity index (χ1) is 22.7. The largest absolute Gasteiger partial charge is 0.484 e. The van der Waals surface area contributed by atoms with Crippen molar-refractivity contribution in [2.24, 2.45) is 16.1 Å². The number of aliphatic hydroxyl groups excluding tert-OH is 1. The van der Waals surface area contributed by atoms with Crippen molar-refractivity contribution in [2.45, 2.75) is 90.1 Å². The number of ether oxygens (including phenoxy) is 2. The van der Waals surface area contributed by atoms with E-state index in [0.717, 1.165) is 74.0 Å². The molecule has 1 saturated heterocycles. The van der Waals surface area contributed by atoms with Gasteiger partial charge in [-0.1, -0.05) is 64.3 Å². The van der Waals surface area contributed by atoms with Crippen LogP contribution in [0.4, 0.5) is 0 Å². The average Bonchev–Trinajstić information content (AvgIpc) is 3.49. The number of nitrogens with zero attached hydrogens (tertiary/aromatic N) is 5. The number of fused-ring (bicyclic) bond motifs is 2. The Bertz CT molecular complexity index is 1530. The second kappa shape index (κ2) is 15.1. The number of aromatic nitrogens is 3. The summed E-state index contributed by atoms with van der Waals surface area (Å²) in [5, 5.41) is 26.8. The highest BCUT2D eigenvalue weighted by Crippen LogP contribution is 2.39. The van der Waals surface area contributed by atoms with Gasteiger partial charge < -0.3 is 25.6 Å². The third-order valence-electron chi connectivity index (χ3n) is 9.69. The zero-order valence-electron chi connectivity index (χ0n) is 28.2. The van der Waals surface area contributed by atoms with E-state index in [-0.39, 0.29) is 17.6 Å². The molecular weight excluding hydrogens is 592 g/mol. The zero-order chi connectivity index (χ0) is 32.8. The van der Waals surface area contributed by atoms with Crippen LogP contribution in [-0.2, 0) is 4.74 Å². The van der Waals surface area contributed by atoms with Gasteiger partial charge in [-0.3, -0.25) is 19.6 Å². The fourth-order valence-electron chi connectivity index (χ4n) is 6.81. The molecule has 2 aliphatic carbocycles. The first kappa shape index (κ1) is 33.4. The lowest BCUT2D eigenvalue weighted by Crippen LogP contribution is -2.47. The van der Waals surface area contributed by atoms with Crippen LogP contribution < -0.4 is 21.1 Å². The fourth-order valence-corrected chi connectivity index (χ4v) is 6.81. The van der Waals surface area contributed by atoms with Crippen LogP contribution in [0, 0.1) is 5.41 Å². The van der Waals surface area contributed by atoms with Gasteiger partial charge in [-0.15, -0.1) is 10.2 Å². The van der Waals surface area contributed by atoms with Crippen LogP contribution in [0.15, 0.2) is 59.4 Å². The molecule has 3 heterocycles. The molecule has 11 nitrogen and oxygen atoms in total. The number of nitrogens with two attached hydrogens (primary N) is 1. The Labute approximate surface area is 278 Å². The minimum absolute atomic E-state index is 0.0645. The molecule has 0 radical (unpaired) electrons. The van der Waals surface area contributed by atoms with E-state index in [4.69, 9.17) is 20.2 Å². The van der Waals surface area contributed by atoms with Crippen LogP contribution in [0.25, 0.3) is 5.65 Å². The van der Waals surface area contributed by atoms with Crippen molar-refractivity contribution in [2.75, 3.05) is 39.4 Å². The number of aliphatic imine (C=N–C) groups is 1. The lowest BCUT2D eigenvalue weighted by molar-refractivity contribution is 0.0394. The second-order valence-electron chi connectivity index (χ2n) is 14.1. The molecule has 47 heavy (non-hydrogen) atoms. The van der Waals surface area contributed by atoms with E-state index in [1.165, 1.54) is 32.1 Å². The van der Waals surface area contributed by atoms with E-state index in [1.54, 1.807) is 0 Å². The van der Waals surface area contributed by atoms with E-state index in [9.17, 15) is 5.11 Å². The first-order valence-electron chi connectivity index (χ1n) is 17.4. The number of nitrogens with one attached hydrogen (secondary N) is 2. The number of hydrogen-bond donors (Lipinski definition) is 4. The highest BCUT2D eigenvalue weighted by Gasteiger charge is 2.30. The summed E-state index contributed by atoms with van der Waals surface area (Å²) in [6.07, 6.45) is 10.5. The lowest BCUT2D eigenvalue weighted by Gasteiger charge is -2.34. The molecule has 5 N–H and O–H groups in total. The monoisotopic (exact) mass is 644 g/mol. The highest BCUT2D eigenvalue weighted by molar-refractivity contribution is 5.93. The quantitative estimate of drug-likeness (QED) is 0.139. The maximum Gasteiger partial charge on any atom is 0.183 e. The average molecular weight is 645 g/mol. The van der Waals surface area contributed by atoms with Crippen molar-refractivity contribution in [1.29, 1.82) is 0 Å². The predicted molar refractivity (Wildman–Crippen MR) is 184 cm³/mol. The van der Waals surface area contributed by atoms with Gasteiger partial charge in [0.1, 0.15) is 23.5 Å². The van der Waals surface area contributed by atoms with Gasteiger partial charge in [0.2, 0.25) is 0 Å². The summed E-state index contributed by atoms with van der Waals surface area (Å²) in [5.74, 6) is 2.87. The van der Waals surface area contributed by atoms with Crippen LogP contribution in [-0.4, -0.2) is 76.2 Å². The van der Waals surface area contributed by atoms with Gasteiger partial charge in [0.05, 0.1) is 26.0 Å². The van der Waals surface area contributed by atoms with Gasteiger partial charge >= 0.3 is 0 Å². The molecule has 11 heteroatoms. The zero-order valence-corrected chi connectivity index (χ0v) is 28.2. The number of pyridine rings is 1. The molecule has 3 aliphatic rings. The molecule has 254 valence electrons. The Morgan fingerprint density at radius 1 is 1.06 bits per heavy atom. The van der Waals surface area contributed by atoms with Crippen molar-refractivity contribution in [3.05, 3.63) is 71.3 Å². The topological polar surface area (TPSA) is 135 Å². The number of rotatable bonds is 10. The maximum atomic E-state index is 11.2. The molecular formula is C36H52N8O3. The minimum atomic E-state index is -1.02. The van der Waals surface area contributed by atoms with Crippen LogP contribution >= 0.6 is 0 Å². The SMILES string of the molecule is CC(C)(C)C(N)=CC(=NCCN1CCOCC1)NC(O)NC1CCC(Oc2ccc3nnc(C4CCCCC4)n3c2)c2ccccc21. The predicted octanol–water partition coefficient (Wildman–Crippen LogP) is 4.81. The Morgan fingerprint density at radius 3 is 2.60 bits per heavy atom. The number of allylic oxidation sites excluding steroid dienone is 1. The number of benzene rings is 1. The number of hydrogen-bond acceptors (Lipinski definition) is 9. The van der Waals surface area contributed by atoms with Gasteiger partial charge in [0.15, 0.2) is 12.0 Å². The van der Waals surface area contributed by atoms with Crippen LogP contribution in [0.1, 0.15) is 101 Å². The molecule has 1 aliphatic heterocycles. The summed E-state index contributed by atoms with van der Waals surface area (Å²) in [7, 11) is 0. The molecule has 1 saturated carbocycles. The molecule has 0 amide bonds. The molecule has 2 aromatic heterocycles. The molecule has 2 fully saturated rings. The van der Waals surface area contributed by atoms with Crippen LogP contribution in [0.2, 0.25) is 0 Å². The molecule has 6 rings (SSSR count). The van der Waals surface area contributed by atoms with Crippen molar-refractivity contribution in [1.82, 2.24) is 30.1 Å². The van der Waals surface area contributed by atoms with E-state index in [2.05, 4.69) is 75.3 Å². The van der Waals surface area contributed by atoms with Gasteiger partial charge in [-0.05, 0) is 55.0 Å². The van der Waals surface area contributed by atoms with Gasteiger partial charge in [-0.2, -0.15) is 0 Å². The first-order valence-corrected chi connectivity index (χ1v) is 17.4. The third kappa shape index (κ3) is 8.51. The fraction of sp³-hybridized carbons (Fsp3) is 0.583. The summed E-state index contributed by atoms with van der Waals surface area (Å²) >= 11 is 0. The van der Waals surface area contributed by atoms with Crippen molar-refractivity contribution in [3.8, 4) is 5.75 Å². The van der Waals surface area contributed by atoms with Crippen LogP contribution in [0.5, 0.6) is 5.75 Å². The van der Waals surface area contributed by atoms with Crippen LogP contribution in [0.3, 0.4) is 0 Å². The molecule has 3 unspecified atom stereocenters. The molecule has 3 atom stereocenters. The number of morpholine rings is 1. The van der Waals surface area contributed by atoms with E-state index < -0.39 is 6.35 Å². The highest BCUT2D eigenvalue weighted by atomic mass is 16.5. The van der Waals surface area contributed by atoms with Gasteiger partial charge in [-0.25, -0.2) is 0 Å². The second-order valence-corrected chi connectivity index (χ2v) is 14.1. The minimum Gasteiger partial charge on any atom is -0.484 e. The third-order valence-corrected chi connectivity index (χ3v) is 9.69. The Kier molecular flexibility index (Phi) is 10.8. The normalized spacial score (nSPS) is 22.6. The smallest absolute Gasteiger partial charge is 0.183 e. The van der Waals surface area contributed by atoms with Gasteiger partial charge in [0, 0.05) is 42.7 Å². The number of aliphatic hydroxyl groups is 1. The summed E-state index contributed by atoms with van der Waals surface area (Å²) in [5.41, 5.74) is 10.00. The van der Waals surface area contributed by atoms with E-state index >= 15 is 0 Å². The Hall–Kier alpha value is -3.51. The summed E-state index contributed by atoms with van der Waals surface area (Å²) in [6.45, 7) is 10.9. The summed E-state index contributed by atoms with van der Waals surface area (Å²) in [6, 6.07) is 12.3. The van der Waals surface area contributed by atoms with Crippen molar-refractivity contribution in [3.63, 3.8) is 0 Å². The Morgan fingerprint density at radius 2 is 1.83 bits per heavy atom.